The summed E-state index contributed by atoms with van der Waals surface area (Å²) in [5, 5.41) is 16.7. The van der Waals surface area contributed by atoms with Crippen molar-refractivity contribution in [3.05, 3.63) is 53.0 Å². The number of H-pyrrole nitrogens is 1. The molecule has 1 aliphatic heterocycles. The van der Waals surface area contributed by atoms with Gasteiger partial charge in [0.05, 0.1) is 17.6 Å². The summed E-state index contributed by atoms with van der Waals surface area (Å²) < 4.78 is 35.8. The van der Waals surface area contributed by atoms with Gasteiger partial charge in [0.2, 0.25) is 0 Å². The quantitative estimate of drug-likeness (QED) is 0.309. The molecule has 1 amide bonds. The number of imidazole rings is 1. The highest BCUT2D eigenvalue weighted by atomic mass is 19.1. The second-order valence-corrected chi connectivity index (χ2v) is 11.8. The summed E-state index contributed by atoms with van der Waals surface area (Å²) in [4.78, 5) is 20.7. The van der Waals surface area contributed by atoms with Crippen LogP contribution in [0.1, 0.15) is 88.8 Å². The highest BCUT2D eigenvalue weighted by molar-refractivity contribution is 6.06. The van der Waals surface area contributed by atoms with Gasteiger partial charge in [-0.1, -0.05) is 47.6 Å². The number of nitrogens with one attached hydrogen (secondary N) is 2. The number of ether oxygens (including phenoxy) is 1. The van der Waals surface area contributed by atoms with Gasteiger partial charge in [0.25, 0.3) is 5.91 Å². The zero-order chi connectivity index (χ0) is 28.7. The number of aromatic nitrogens is 4. The average Bonchev–Trinajstić information content (AvgIpc) is 3.42. The highest BCUT2D eigenvalue weighted by Gasteiger charge is 2.25. The van der Waals surface area contributed by atoms with E-state index in [1.807, 2.05) is 0 Å². The molecule has 3 N–H and O–H groups in total. The van der Waals surface area contributed by atoms with Crippen LogP contribution in [0, 0.1) is 23.0 Å². The molecule has 0 saturated carbocycles. The fourth-order valence-corrected chi connectivity index (χ4v) is 4.08. The van der Waals surface area contributed by atoms with Gasteiger partial charge in [-0.15, -0.1) is 0 Å². The largest absolute Gasteiger partial charge is 0.396 e. The molecular formula is C29H41F2N5O3. The predicted octanol–water partition coefficient (Wildman–Crippen LogP) is 6.29. The minimum Gasteiger partial charge on any atom is -0.396 e. The second kappa shape index (κ2) is 13.3. The molecule has 1 unspecified atom stereocenters. The summed E-state index contributed by atoms with van der Waals surface area (Å²) in [6.45, 7) is 13.4. The molecular weight excluding hydrogens is 504 g/mol. The number of nitrogens with zero attached hydrogens (tertiary/aromatic N) is 3. The van der Waals surface area contributed by atoms with Crippen LogP contribution in [0.4, 0.5) is 14.5 Å². The van der Waals surface area contributed by atoms with E-state index in [0.29, 0.717) is 41.6 Å². The third kappa shape index (κ3) is 8.69. The molecule has 2 aromatic heterocycles. The van der Waals surface area contributed by atoms with E-state index in [0.717, 1.165) is 43.5 Å². The minimum absolute atomic E-state index is 0.0596. The van der Waals surface area contributed by atoms with Crippen LogP contribution < -0.4 is 5.32 Å². The second-order valence-electron chi connectivity index (χ2n) is 11.8. The molecule has 39 heavy (non-hydrogen) atoms. The SMILES string of the molecule is CC(C)(C)C.CC(C)Cc1[nH]c(-c2nn(C3CCCCO3)cc2NC(=O)c2c(F)cccc2F)nc1CCO. The van der Waals surface area contributed by atoms with E-state index in [1.165, 1.54) is 6.07 Å². The zero-order valence-electron chi connectivity index (χ0n) is 23.8. The van der Waals surface area contributed by atoms with Gasteiger partial charge >= 0.3 is 0 Å². The Morgan fingerprint density at radius 2 is 1.90 bits per heavy atom. The number of amides is 1. The molecule has 3 heterocycles. The third-order valence-corrected chi connectivity index (χ3v) is 5.67. The minimum atomic E-state index is -0.954. The molecule has 1 saturated heterocycles. The van der Waals surface area contributed by atoms with E-state index in [-0.39, 0.29) is 18.5 Å². The lowest BCUT2D eigenvalue weighted by Crippen LogP contribution is -2.18. The van der Waals surface area contributed by atoms with Crippen LogP contribution in [-0.4, -0.2) is 44.0 Å². The summed E-state index contributed by atoms with van der Waals surface area (Å²) in [7, 11) is 0. The lowest BCUT2D eigenvalue weighted by atomic mass is 10.0. The smallest absolute Gasteiger partial charge is 0.261 e. The molecule has 0 bridgehead atoms. The number of anilines is 1. The number of aliphatic hydroxyl groups is 1. The van der Waals surface area contributed by atoms with Crippen molar-refractivity contribution in [2.45, 2.75) is 79.9 Å². The summed E-state index contributed by atoms with van der Waals surface area (Å²) in [5.41, 5.74) is 2.00. The van der Waals surface area contributed by atoms with Crippen molar-refractivity contribution >= 4 is 11.6 Å². The van der Waals surface area contributed by atoms with Gasteiger partial charge in [0, 0.05) is 25.3 Å². The fourth-order valence-electron chi connectivity index (χ4n) is 4.08. The first-order valence-corrected chi connectivity index (χ1v) is 13.5. The molecule has 4 rings (SSSR count). The van der Waals surface area contributed by atoms with Gasteiger partial charge in [-0.2, -0.15) is 5.10 Å². The summed E-state index contributed by atoms with van der Waals surface area (Å²) >= 11 is 0. The van der Waals surface area contributed by atoms with E-state index in [9.17, 15) is 18.7 Å². The standard InChI is InChI=1S/C24H29F2N5O3.C5H12/c1-14(2)12-18-17(9-10-32)27-23(28-18)22-19(13-31(30-22)20-8-3-4-11-34-20)29-24(33)21-15(25)6-5-7-16(21)26;1-5(2,3)4/h5-7,13-14,20,32H,3-4,8-12H2,1-2H3,(H,27,28)(H,29,33);1-4H3. The van der Waals surface area contributed by atoms with Crippen molar-refractivity contribution in [3.8, 4) is 11.5 Å². The van der Waals surface area contributed by atoms with Crippen molar-refractivity contribution in [2.75, 3.05) is 18.5 Å². The Labute approximate surface area is 229 Å². The van der Waals surface area contributed by atoms with Crippen molar-refractivity contribution in [1.82, 2.24) is 19.7 Å². The normalized spacial score (nSPS) is 15.7. The molecule has 214 valence electrons. The number of benzene rings is 1. The Bertz CT molecular complexity index is 1210. The van der Waals surface area contributed by atoms with Crippen molar-refractivity contribution in [3.63, 3.8) is 0 Å². The van der Waals surface area contributed by atoms with Crippen molar-refractivity contribution in [2.24, 2.45) is 11.3 Å². The monoisotopic (exact) mass is 545 g/mol. The average molecular weight is 546 g/mol. The summed E-state index contributed by atoms with van der Waals surface area (Å²) in [6.07, 6.45) is 5.06. The van der Waals surface area contributed by atoms with Crippen LogP contribution in [-0.2, 0) is 17.6 Å². The molecule has 0 spiro atoms. The molecule has 1 fully saturated rings. The van der Waals surface area contributed by atoms with Crippen molar-refractivity contribution in [1.29, 1.82) is 0 Å². The molecule has 1 aromatic carbocycles. The number of aromatic amines is 1. The van der Waals surface area contributed by atoms with Crippen LogP contribution >= 0.6 is 0 Å². The van der Waals surface area contributed by atoms with E-state index in [4.69, 9.17) is 4.74 Å². The number of halogens is 2. The molecule has 1 aliphatic rings. The number of rotatable bonds is 8. The van der Waals surface area contributed by atoms with E-state index < -0.39 is 23.1 Å². The third-order valence-electron chi connectivity index (χ3n) is 5.67. The Morgan fingerprint density at radius 3 is 2.46 bits per heavy atom. The summed E-state index contributed by atoms with van der Waals surface area (Å²) in [5.74, 6) is -2.08. The summed E-state index contributed by atoms with van der Waals surface area (Å²) in [6, 6.07) is 3.27. The first-order valence-electron chi connectivity index (χ1n) is 13.5. The maximum absolute atomic E-state index is 14.2. The molecule has 3 aromatic rings. The van der Waals surface area contributed by atoms with E-state index in [1.54, 1.807) is 10.9 Å². The first kappa shape index (κ1) is 30.4. The van der Waals surface area contributed by atoms with Crippen LogP contribution in [0.25, 0.3) is 11.5 Å². The maximum Gasteiger partial charge on any atom is 0.261 e. The zero-order valence-corrected chi connectivity index (χ0v) is 23.8. The molecule has 1 atom stereocenters. The van der Waals surface area contributed by atoms with E-state index >= 15 is 0 Å². The lowest BCUT2D eigenvalue weighted by Gasteiger charge is -2.22. The van der Waals surface area contributed by atoms with Crippen LogP contribution in [0.2, 0.25) is 0 Å². The van der Waals surface area contributed by atoms with E-state index in [2.05, 4.69) is 61.9 Å². The predicted molar refractivity (Wildman–Crippen MR) is 147 cm³/mol. The lowest BCUT2D eigenvalue weighted by molar-refractivity contribution is -0.0393. The molecule has 0 aliphatic carbocycles. The van der Waals surface area contributed by atoms with Crippen LogP contribution in [0.5, 0.6) is 0 Å². The fraction of sp³-hybridized carbons (Fsp3) is 0.552. The number of hydrogen-bond donors (Lipinski definition) is 3. The number of carbonyl (C=O) groups excluding carboxylic acids is 1. The number of carbonyl (C=O) groups is 1. The first-order chi connectivity index (χ1) is 18.4. The highest BCUT2D eigenvalue weighted by Crippen LogP contribution is 2.31. The Kier molecular flexibility index (Phi) is 10.4. The van der Waals surface area contributed by atoms with Gasteiger partial charge in [0.1, 0.15) is 23.4 Å². The van der Waals surface area contributed by atoms with Crippen molar-refractivity contribution < 1.29 is 23.4 Å². The van der Waals surface area contributed by atoms with Crippen LogP contribution in [0.3, 0.4) is 0 Å². The molecule has 0 radical (unpaired) electrons. The van der Waals surface area contributed by atoms with Gasteiger partial charge in [-0.3, -0.25) is 4.79 Å². The van der Waals surface area contributed by atoms with Gasteiger partial charge in [-0.05, 0) is 49.1 Å². The van der Waals surface area contributed by atoms with Gasteiger partial charge in [-0.25, -0.2) is 18.4 Å². The Balaban J connectivity index is 0.000000771. The number of aliphatic hydroxyl groups excluding tert-OH is 1. The molecule has 10 heteroatoms. The van der Waals surface area contributed by atoms with Gasteiger partial charge in [0.15, 0.2) is 11.5 Å². The number of hydrogen-bond acceptors (Lipinski definition) is 5. The Hall–Kier alpha value is -3.11. The molecule has 8 nitrogen and oxygen atoms in total. The topological polar surface area (TPSA) is 105 Å². The van der Waals surface area contributed by atoms with Gasteiger partial charge < -0.3 is 20.1 Å². The Morgan fingerprint density at radius 1 is 1.23 bits per heavy atom. The maximum atomic E-state index is 14.2. The van der Waals surface area contributed by atoms with Crippen LogP contribution in [0.15, 0.2) is 24.4 Å².